The van der Waals surface area contributed by atoms with Crippen LogP contribution in [0.5, 0.6) is 0 Å². The molecule has 0 radical (unpaired) electrons. The van der Waals surface area contributed by atoms with Crippen LogP contribution >= 0.6 is 0 Å². The van der Waals surface area contributed by atoms with Gasteiger partial charge in [-0.15, -0.1) is 0 Å². The van der Waals surface area contributed by atoms with Gasteiger partial charge in [0, 0.05) is 19.3 Å². The summed E-state index contributed by atoms with van der Waals surface area (Å²) < 4.78 is 16.9. The van der Waals surface area contributed by atoms with Gasteiger partial charge in [-0.3, -0.25) is 14.4 Å². The third-order valence-electron chi connectivity index (χ3n) is 13.4. The minimum absolute atomic E-state index is 0.0922. The summed E-state index contributed by atoms with van der Waals surface area (Å²) in [4.78, 5) is 38.3. The number of esters is 3. The van der Waals surface area contributed by atoms with Crippen LogP contribution in [0.2, 0.25) is 0 Å². The maximum atomic E-state index is 12.9. The molecule has 0 amide bonds. The van der Waals surface area contributed by atoms with E-state index in [-0.39, 0.29) is 31.1 Å². The summed E-state index contributed by atoms with van der Waals surface area (Å²) >= 11 is 0. The van der Waals surface area contributed by atoms with Crippen molar-refractivity contribution in [2.24, 2.45) is 0 Å². The summed E-state index contributed by atoms with van der Waals surface area (Å²) in [5.41, 5.74) is 0. The van der Waals surface area contributed by atoms with Crippen molar-refractivity contribution in [3.8, 4) is 0 Å². The van der Waals surface area contributed by atoms with Crippen LogP contribution in [-0.2, 0) is 28.6 Å². The minimum atomic E-state index is -0.796. The van der Waals surface area contributed by atoms with Crippen molar-refractivity contribution in [1.82, 2.24) is 0 Å². The van der Waals surface area contributed by atoms with E-state index in [1.807, 2.05) is 0 Å². The number of hydrogen-bond donors (Lipinski definition) is 0. The monoisotopic (exact) mass is 1070 g/mol. The molecule has 6 nitrogen and oxygen atoms in total. The van der Waals surface area contributed by atoms with Gasteiger partial charge in [-0.2, -0.15) is 0 Å². The first-order valence-electron chi connectivity index (χ1n) is 32.0. The highest BCUT2D eigenvalue weighted by molar-refractivity contribution is 5.71. The highest BCUT2D eigenvalue weighted by Gasteiger charge is 2.19. The fourth-order valence-electron chi connectivity index (χ4n) is 8.62. The fourth-order valence-corrected chi connectivity index (χ4v) is 8.62. The van der Waals surface area contributed by atoms with Crippen LogP contribution < -0.4 is 0 Å². The van der Waals surface area contributed by atoms with Crippen LogP contribution in [0.3, 0.4) is 0 Å². The number of carbonyl (C=O) groups excluding carboxylic acids is 3. The van der Waals surface area contributed by atoms with Gasteiger partial charge in [-0.25, -0.2) is 0 Å². The van der Waals surface area contributed by atoms with E-state index in [1.165, 1.54) is 109 Å². The molecule has 1 atom stereocenters. The van der Waals surface area contributed by atoms with Crippen molar-refractivity contribution in [2.75, 3.05) is 13.2 Å². The molecule has 0 fully saturated rings. The van der Waals surface area contributed by atoms with Gasteiger partial charge in [0.2, 0.25) is 0 Å². The predicted molar refractivity (Wildman–Crippen MR) is 334 cm³/mol. The molecule has 0 aliphatic rings. The molecule has 0 aliphatic heterocycles. The summed E-state index contributed by atoms with van der Waals surface area (Å²) in [6.45, 7) is 6.46. The quantitative estimate of drug-likeness (QED) is 0.0261. The molecule has 0 bridgehead atoms. The Hall–Kier alpha value is -4.19. The number of rotatable bonds is 57. The Bertz CT molecular complexity index is 1600. The van der Waals surface area contributed by atoms with Crippen molar-refractivity contribution < 1.29 is 28.6 Å². The van der Waals surface area contributed by atoms with Gasteiger partial charge >= 0.3 is 17.9 Å². The molecule has 0 aromatic carbocycles. The van der Waals surface area contributed by atoms with E-state index in [1.54, 1.807) is 0 Å². The largest absolute Gasteiger partial charge is 0.462 e. The smallest absolute Gasteiger partial charge is 0.306 e. The molecule has 0 heterocycles. The van der Waals surface area contributed by atoms with Gasteiger partial charge in [-0.1, -0.05) is 258 Å². The van der Waals surface area contributed by atoms with Gasteiger partial charge in [-0.05, 0) is 135 Å². The first-order valence-corrected chi connectivity index (χ1v) is 32.0. The Balaban J connectivity index is 4.38. The summed E-state index contributed by atoms with van der Waals surface area (Å²) in [6, 6.07) is 0. The van der Waals surface area contributed by atoms with E-state index >= 15 is 0 Å². The lowest BCUT2D eigenvalue weighted by Crippen LogP contribution is -2.30. The van der Waals surface area contributed by atoms with E-state index in [0.29, 0.717) is 19.3 Å². The topological polar surface area (TPSA) is 78.9 Å². The SMILES string of the molecule is CC/C=C\C/C=C\C/C=C\C/C=C\C/C=C\C/C=C\CCCCCCCCCCC(=O)OCC(COC(=O)CCCCCCC/C=C\C/C=C\CCCCC)OC(=O)CCCCCCCCC/C=C\C/C=C\CCCCC. The number of ether oxygens (including phenoxy) is 3. The molecule has 1 unspecified atom stereocenters. The zero-order chi connectivity index (χ0) is 55.7. The van der Waals surface area contributed by atoms with E-state index in [2.05, 4.69) is 142 Å². The fraction of sp³-hybridized carbons (Fsp3) is 0.676. The van der Waals surface area contributed by atoms with Crippen molar-refractivity contribution >= 4 is 17.9 Å². The van der Waals surface area contributed by atoms with E-state index in [9.17, 15) is 14.4 Å². The molecular formula is C71H118O6. The zero-order valence-electron chi connectivity index (χ0n) is 50.2. The second-order valence-electron chi connectivity index (χ2n) is 20.9. The maximum absolute atomic E-state index is 12.9. The Morgan fingerprint density at radius 3 is 0.792 bits per heavy atom. The minimum Gasteiger partial charge on any atom is -0.462 e. The molecule has 0 rings (SSSR count). The Labute approximate surface area is 475 Å². The molecule has 438 valence electrons. The number of unbranched alkanes of at least 4 members (excludes halogenated alkanes) is 26. The number of carbonyl (C=O) groups is 3. The average Bonchev–Trinajstić information content (AvgIpc) is 3.43. The van der Waals surface area contributed by atoms with Crippen molar-refractivity contribution in [3.05, 3.63) is 122 Å². The maximum Gasteiger partial charge on any atom is 0.306 e. The third-order valence-corrected chi connectivity index (χ3v) is 13.4. The molecule has 0 aromatic rings. The molecule has 0 spiro atoms. The van der Waals surface area contributed by atoms with Crippen LogP contribution in [-0.4, -0.2) is 37.2 Å². The number of allylic oxidation sites excluding steroid dienone is 20. The van der Waals surface area contributed by atoms with Gasteiger partial charge < -0.3 is 14.2 Å². The van der Waals surface area contributed by atoms with Gasteiger partial charge in [0.15, 0.2) is 6.10 Å². The molecule has 6 heteroatoms. The Kier molecular flexibility index (Phi) is 60.8. The van der Waals surface area contributed by atoms with Crippen LogP contribution in [0.15, 0.2) is 122 Å². The highest BCUT2D eigenvalue weighted by atomic mass is 16.6. The normalized spacial score (nSPS) is 12.9. The first kappa shape index (κ1) is 72.8. The third kappa shape index (κ3) is 62.5. The molecular weight excluding hydrogens is 949 g/mol. The molecule has 0 saturated carbocycles. The van der Waals surface area contributed by atoms with E-state index in [0.717, 1.165) is 141 Å². The van der Waals surface area contributed by atoms with E-state index < -0.39 is 6.10 Å². The predicted octanol–water partition coefficient (Wildman–Crippen LogP) is 22.0. The highest BCUT2D eigenvalue weighted by Crippen LogP contribution is 2.15. The van der Waals surface area contributed by atoms with Gasteiger partial charge in [0.05, 0.1) is 0 Å². The summed E-state index contributed by atoms with van der Waals surface area (Å²) in [5.74, 6) is -0.917. The Morgan fingerprint density at radius 1 is 0.273 bits per heavy atom. The van der Waals surface area contributed by atoms with Crippen LogP contribution in [0, 0.1) is 0 Å². The molecule has 0 saturated heterocycles. The van der Waals surface area contributed by atoms with Crippen molar-refractivity contribution in [2.45, 2.75) is 297 Å². The van der Waals surface area contributed by atoms with Crippen molar-refractivity contribution in [1.29, 1.82) is 0 Å². The lowest BCUT2D eigenvalue weighted by Gasteiger charge is -2.18. The molecule has 77 heavy (non-hydrogen) atoms. The standard InChI is InChI=1S/C71H118O6/c1-4-7-10-13-16-19-22-25-28-30-31-32-33-34-35-36-37-38-39-41-43-46-49-52-55-58-61-64-70(73)76-67-68(66-75-69(72)63-60-57-54-51-48-45-42-27-24-21-18-15-12-9-6-3)77-71(74)65-62-59-56-53-50-47-44-40-29-26-23-20-17-14-11-8-5-2/h7,10,16-21,25-29,31-32,34-35,37-38,42,68H,4-6,8-9,11-15,22-24,30,33,36,39-41,43-67H2,1-3H3/b10-7-,19-16-,20-17-,21-18-,28-25-,29-26-,32-31-,35-34-,38-37-,42-27-. The molecule has 0 aromatic heterocycles. The summed E-state index contributed by atoms with van der Waals surface area (Å²) in [7, 11) is 0. The Morgan fingerprint density at radius 2 is 0.506 bits per heavy atom. The summed E-state index contributed by atoms with van der Waals surface area (Å²) in [5, 5.41) is 0. The van der Waals surface area contributed by atoms with Crippen molar-refractivity contribution in [3.63, 3.8) is 0 Å². The second kappa shape index (κ2) is 64.3. The first-order chi connectivity index (χ1) is 38.0. The van der Waals surface area contributed by atoms with Crippen LogP contribution in [0.1, 0.15) is 290 Å². The van der Waals surface area contributed by atoms with Crippen LogP contribution in [0.4, 0.5) is 0 Å². The van der Waals surface area contributed by atoms with Crippen LogP contribution in [0.25, 0.3) is 0 Å². The number of hydrogen-bond acceptors (Lipinski definition) is 6. The van der Waals surface area contributed by atoms with E-state index in [4.69, 9.17) is 14.2 Å². The lowest BCUT2D eigenvalue weighted by atomic mass is 10.1. The van der Waals surface area contributed by atoms with Gasteiger partial charge in [0.1, 0.15) is 13.2 Å². The lowest BCUT2D eigenvalue weighted by molar-refractivity contribution is -0.167. The molecule has 0 aliphatic carbocycles. The summed E-state index contributed by atoms with van der Waals surface area (Å²) in [6.07, 6.45) is 89.1. The second-order valence-corrected chi connectivity index (χ2v) is 20.9. The average molecular weight is 1070 g/mol. The molecule has 0 N–H and O–H groups in total. The van der Waals surface area contributed by atoms with Gasteiger partial charge in [0.25, 0.3) is 0 Å². The zero-order valence-corrected chi connectivity index (χ0v) is 50.2.